The Morgan fingerprint density at radius 1 is 0.643 bits per heavy atom. The summed E-state index contributed by atoms with van der Waals surface area (Å²) >= 11 is 0. The maximum Gasteiger partial charge on any atom is 0.161 e. The van der Waals surface area contributed by atoms with Gasteiger partial charge in [0.15, 0.2) is 11.5 Å². The number of rotatable bonds is 2. The first-order valence-corrected chi connectivity index (χ1v) is 9.98. The lowest BCUT2D eigenvalue weighted by Gasteiger charge is -2.21. The molecule has 0 aliphatic carbocycles. The van der Waals surface area contributed by atoms with Crippen molar-refractivity contribution in [2.24, 2.45) is 5.73 Å². The van der Waals surface area contributed by atoms with Gasteiger partial charge in [0, 0.05) is 26.2 Å². The summed E-state index contributed by atoms with van der Waals surface area (Å²) in [4.78, 5) is 2.24. The molecular weight excluding hydrogens is 364 g/mol. The molecule has 0 unspecified atom stereocenters. The summed E-state index contributed by atoms with van der Waals surface area (Å²) in [5, 5.41) is 0. The van der Waals surface area contributed by atoms with Crippen LogP contribution in [-0.4, -0.2) is 97.1 Å². The molecule has 0 radical (unpaired) electrons. The minimum Gasteiger partial charge on any atom is -0.487 e. The second-order valence-corrected chi connectivity index (χ2v) is 6.22. The van der Waals surface area contributed by atoms with Crippen molar-refractivity contribution in [1.82, 2.24) is 4.90 Å². The van der Waals surface area contributed by atoms with Gasteiger partial charge in [0.25, 0.3) is 0 Å². The largest absolute Gasteiger partial charge is 0.487 e. The Kier molecular flexibility index (Phi) is 12.7. The van der Waals surface area contributed by atoms with E-state index in [2.05, 4.69) is 4.90 Å². The Labute approximate surface area is 167 Å². The van der Waals surface area contributed by atoms with Crippen molar-refractivity contribution < 1.29 is 28.4 Å². The number of benzene rings is 1. The number of nitrogens with zero attached hydrogens (tertiary/aromatic N) is 1. The topological polar surface area (TPSA) is 84.6 Å². The van der Waals surface area contributed by atoms with E-state index >= 15 is 0 Å². The molecular formula is C20H34N2O6. The van der Waals surface area contributed by atoms with Crippen LogP contribution in [-0.2, 0) is 18.9 Å². The van der Waals surface area contributed by atoms with E-state index < -0.39 is 0 Å². The van der Waals surface area contributed by atoms with Crippen molar-refractivity contribution in [1.29, 1.82) is 0 Å². The first-order valence-electron chi connectivity index (χ1n) is 9.98. The Morgan fingerprint density at radius 2 is 1.07 bits per heavy atom. The molecule has 1 aromatic rings. The van der Waals surface area contributed by atoms with E-state index in [1.54, 1.807) is 0 Å². The molecule has 160 valence electrons. The smallest absolute Gasteiger partial charge is 0.161 e. The van der Waals surface area contributed by atoms with Gasteiger partial charge in [-0.25, -0.2) is 0 Å². The number of nitrogens with two attached hydrogens (primary N) is 1. The fourth-order valence-electron chi connectivity index (χ4n) is 2.66. The molecule has 28 heavy (non-hydrogen) atoms. The molecule has 8 nitrogen and oxygen atoms in total. The second kappa shape index (κ2) is 15.5. The highest BCUT2D eigenvalue weighted by Gasteiger charge is 2.06. The van der Waals surface area contributed by atoms with Gasteiger partial charge in [-0.2, -0.15) is 0 Å². The predicted molar refractivity (Wildman–Crippen MR) is 106 cm³/mol. The Morgan fingerprint density at radius 3 is 1.54 bits per heavy atom. The molecule has 2 N–H and O–H groups in total. The summed E-state index contributed by atoms with van der Waals surface area (Å²) in [6.07, 6.45) is 0. The number of hydrogen-bond acceptors (Lipinski definition) is 8. The molecule has 0 spiro atoms. The summed E-state index contributed by atoms with van der Waals surface area (Å²) in [5.41, 5.74) is 5.68. The summed E-state index contributed by atoms with van der Waals surface area (Å²) in [5.74, 6) is 1.41. The number of fused-ring (bicyclic) bond motifs is 1. The number of hydrogen-bond donors (Lipinski definition) is 1. The standard InChI is InChI=1S/C20H34N2O6/c21-5-6-22-7-9-23-11-13-25-15-17-27-19-3-1-2-4-20(19)28-18-16-26-14-12-24-10-8-22/h1-4H,5-18,21H2. The minimum atomic E-state index is 0.457. The molecule has 0 amide bonds. The lowest BCUT2D eigenvalue weighted by Crippen LogP contribution is -2.35. The van der Waals surface area contributed by atoms with Crippen LogP contribution in [0.2, 0.25) is 0 Å². The average Bonchev–Trinajstić information content (AvgIpc) is 2.71. The van der Waals surface area contributed by atoms with Crippen molar-refractivity contribution in [2.75, 3.05) is 92.2 Å². The van der Waals surface area contributed by atoms with E-state index in [4.69, 9.17) is 34.2 Å². The van der Waals surface area contributed by atoms with Crippen LogP contribution in [0.15, 0.2) is 24.3 Å². The summed E-state index contributed by atoms with van der Waals surface area (Å²) in [6.45, 7) is 8.51. The van der Waals surface area contributed by atoms with Crippen LogP contribution in [0.1, 0.15) is 0 Å². The average molecular weight is 399 g/mol. The maximum atomic E-state index is 5.76. The quantitative estimate of drug-likeness (QED) is 0.783. The van der Waals surface area contributed by atoms with Gasteiger partial charge in [-0.15, -0.1) is 0 Å². The molecule has 1 aromatic carbocycles. The van der Waals surface area contributed by atoms with Gasteiger partial charge in [0.2, 0.25) is 0 Å². The third-order valence-electron chi connectivity index (χ3n) is 4.11. The molecule has 0 fully saturated rings. The van der Waals surface area contributed by atoms with Gasteiger partial charge < -0.3 is 34.2 Å². The first kappa shape index (κ1) is 22.9. The molecule has 2 rings (SSSR count). The monoisotopic (exact) mass is 398 g/mol. The predicted octanol–water partition coefficient (Wildman–Crippen LogP) is 0.785. The normalized spacial score (nSPS) is 20.2. The number of ether oxygens (including phenoxy) is 6. The third-order valence-corrected chi connectivity index (χ3v) is 4.11. The van der Waals surface area contributed by atoms with E-state index in [1.165, 1.54) is 0 Å². The van der Waals surface area contributed by atoms with Gasteiger partial charge in [0.1, 0.15) is 13.2 Å². The SMILES string of the molecule is NCCN1CCOCCOCCOc2ccccc2OCCOCCOCC1. The van der Waals surface area contributed by atoms with Crippen LogP contribution in [0.5, 0.6) is 11.5 Å². The molecule has 1 aliphatic rings. The zero-order chi connectivity index (χ0) is 19.7. The van der Waals surface area contributed by atoms with Gasteiger partial charge in [-0.3, -0.25) is 4.90 Å². The fourth-order valence-corrected chi connectivity index (χ4v) is 2.66. The first-order chi connectivity index (χ1) is 13.9. The van der Waals surface area contributed by atoms with Crippen molar-refractivity contribution in [3.8, 4) is 11.5 Å². The summed E-state index contributed by atoms with van der Waals surface area (Å²) < 4.78 is 33.9. The Balaban J connectivity index is 1.76. The molecule has 0 atom stereocenters. The second-order valence-electron chi connectivity index (χ2n) is 6.22. The van der Waals surface area contributed by atoms with Crippen LogP contribution < -0.4 is 15.2 Å². The van der Waals surface area contributed by atoms with E-state index in [0.29, 0.717) is 84.1 Å². The van der Waals surface area contributed by atoms with Crippen molar-refractivity contribution >= 4 is 0 Å². The van der Waals surface area contributed by atoms with Crippen molar-refractivity contribution in [2.45, 2.75) is 0 Å². The maximum absolute atomic E-state index is 5.76. The molecule has 0 saturated carbocycles. The van der Waals surface area contributed by atoms with Gasteiger partial charge >= 0.3 is 0 Å². The fraction of sp³-hybridized carbons (Fsp3) is 0.700. The minimum absolute atomic E-state index is 0.457. The van der Waals surface area contributed by atoms with E-state index in [9.17, 15) is 0 Å². The lowest BCUT2D eigenvalue weighted by molar-refractivity contribution is 0.0189. The number of para-hydroxylation sites is 2. The van der Waals surface area contributed by atoms with Crippen molar-refractivity contribution in [3.05, 3.63) is 24.3 Å². The molecule has 0 bridgehead atoms. The molecule has 1 heterocycles. The van der Waals surface area contributed by atoms with Crippen LogP contribution in [0.4, 0.5) is 0 Å². The zero-order valence-electron chi connectivity index (χ0n) is 16.7. The van der Waals surface area contributed by atoms with Gasteiger partial charge in [-0.1, -0.05) is 12.1 Å². The van der Waals surface area contributed by atoms with Crippen LogP contribution in [0, 0.1) is 0 Å². The highest BCUT2D eigenvalue weighted by molar-refractivity contribution is 5.39. The van der Waals surface area contributed by atoms with Crippen molar-refractivity contribution in [3.63, 3.8) is 0 Å². The van der Waals surface area contributed by atoms with Gasteiger partial charge in [-0.05, 0) is 12.1 Å². The molecule has 0 saturated heterocycles. The molecule has 0 aromatic heterocycles. The summed E-state index contributed by atoms with van der Waals surface area (Å²) in [6, 6.07) is 7.60. The van der Waals surface area contributed by atoms with Crippen LogP contribution >= 0.6 is 0 Å². The van der Waals surface area contributed by atoms with Gasteiger partial charge in [0.05, 0.1) is 52.9 Å². The van der Waals surface area contributed by atoms with E-state index in [0.717, 1.165) is 19.6 Å². The molecule has 8 heteroatoms. The summed E-state index contributed by atoms with van der Waals surface area (Å²) in [7, 11) is 0. The van der Waals surface area contributed by atoms with Crippen LogP contribution in [0.25, 0.3) is 0 Å². The van der Waals surface area contributed by atoms with E-state index in [1.807, 2.05) is 24.3 Å². The van der Waals surface area contributed by atoms with Crippen LogP contribution in [0.3, 0.4) is 0 Å². The highest BCUT2D eigenvalue weighted by atomic mass is 16.6. The molecule has 1 aliphatic heterocycles. The Hall–Kier alpha value is -1.42. The third kappa shape index (κ3) is 10.2. The zero-order valence-corrected chi connectivity index (χ0v) is 16.7. The van der Waals surface area contributed by atoms with E-state index in [-0.39, 0.29) is 0 Å². The highest BCUT2D eigenvalue weighted by Crippen LogP contribution is 2.26. The lowest BCUT2D eigenvalue weighted by atomic mass is 10.3. The Bertz CT molecular complexity index is 464.